The van der Waals surface area contributed by atoms with Gasteiger partial charge in [0, 0.05) is 6.04 Å². The molecule has 0 saturated heterocycles. The van der Waals surface area contributed by atoms with E-state index in [1.165, 1.54) is 0 Å². The number of hydrogen-bond acceptors (Lipinski definition) is 3. The molecule has 2 rings (SSSR count). The van der Waals surface area contributed by atoms with Crippen LogP contribution in [0.2, 0.25) is 0 Å². The molecule has 0 spiro atoms. The average Bonchev–Trinajstić information content (AvgIpc) is 2.67. The molecule has 0 bridgehead atoms. The molecule has 3 nitrogen and oxygen atoms in total. The first-order valence-corrected chi connectivity index (χ1v) is 8.02. The summed E-state index contributed by atoms with van der Waals surface area (Å²) in [5, 5.41) is -0.810. The van der Waals surface area contributed by atoms with Crippen molar-refractivity contribution in [1.82, 2.24) is 0 Å². The maximum atomic E-state index is 12.6. The van der Waals surface area contributed by atoms with E-state index in [9.17, 15) is 8.42 Å². The third-order valence-corrected chi connectivity index (χ3v) is 7.00. The van der Waals surface area contributed by atoms with Gasteiger partial charge >= 0.3 is 0 Å². The Bertz CT molecular complexity index is 536. The van der Waals surface area contributed by atoms with Crippen molar-refractivity contribution < 1.29 is 8.42 Å². The van der Waals surface area contributed by atoms with Gasteiger partial charge in [-0.2, -0.15) is 0 Å². The maximum absolute atomic E-state index is 12.6. The van der Waals surface area contributed by atoms with Gasteiger partial charge in [0.2, 0.25) is 0 Å². The second kappa shape index (κ2) is 4.67. The predicted molar refractivity (Wildman–Crippen MR) is 74.1 cm³/mol. The van der Waals surface area contributed by atoms with Crippen LogP contribution in [0.1, 0.15) is 37.9 Å². The van der Waals surface area contributed by atoms with E-state index in [-0.39, 0.29) is 17.2 Å². The summed E-state index contributed by atoms with van der Waals surface area (Å²) in [6, 6.07) is 7.39. The molecular weight excluding hydrogens is 246 g/mol. The van der Waals surface area contributed by atoms with Crippen LogP contribution in [0.5, 0.6) is 0 Å². The van der Waals surface area contributed by atoms with E-state index in [1.807, 2.05) is 38.1 Å². The van der Waals surface area contributed by atoms with Crippen LogP contribution >= 0.6 is 0 Å². The van der Waals surface area contributed by atoms with Crippen molar-refractivity contribution >= 4 is 9.84 Å². The molecular formula is C14H21NO2S. The molecule has 3 unspecified atom stereocenters. The molecule has 0 amide bonds. The van der Waals surface area contributed by atoms with Crippen LogP contribution in [0, 0.1) is 5.92 Å². The van der Waals surface area contributed by atoms with Gasteiger partial charge in [-0.3, -0.25) is 0 Å². The van der Waals surface area contributed by atoms with Gasteiger partial charge < -0.3 is 5.73 Å². The van der Waals surface area contributed by atoms with Crippen LogP contribution < -0.4 is 5.73 Å². The fraction of sp³-hybridized carbons (Fsp3) is 0.571. The zero-order valence-electron chi connectivity index (χ0n) is 11.1. The molecule has 0 aromatic heterocycles. The number of sulfone groups is 1. The van der Waals surface area contributed by atoms with E-state index >= 15 is 0 Å². The fourth-order valence-electron chi connectivity index (χ4n) is 2.56. The van der Waals surface area contributed by atoms with Gasteiger partial charge in [0.15, 0.2) is 9.84 Å². The maximum Gasteiger partial charge on any atom is 0.158 e. The van der Waals surface area contributed by atoms with Crippen molar-refractivity contribution in [2.75, 3.05) is 0 Å². The Kier molecular flexibility index (Phi) is 3.52. The summed E-state index contributed by atoms with van der Waals surface area (Å²) in [5.74, 6) is 0.117. The lowest BCUT2D eigenvalue weighted by Gasteiger charge is -2.24. The Morgan fingerprint density at radius 1 is 1.22 bits per heavy atom. The Labute approximate surface area is 109 Å². The number of nitrogens with two attached hydrogens (primary N) is 1. The highest BCUT2D eigenvalue weighted by Crippen LogP contribution is 2.36. The smallest absolute Gasteiger partial charge is 0.158 e. The minimum Gasteiger partial charge on any atom is -0.323 e. The lowest BCUT2D eigenvalue weighted by Crippen LogP contribution is -2.38. The highest BCUT2D eigenvalue weighted by molar-refractivity contribution is 7.92. The van der Waals surface area contributed by atoms with Gasteiger partial charge in [0.25, 0.3) is 0 Å². The van der Waals surface area contributed by atoms with Crippen molar-refractivity contribution in [3.8, 4) is 0 Å². The van der Waals surface area contributed by atoms with Crippen LogP contribution in [0.3, 0.4) is 0 Å². The topological polar surface area (TPSA) is 60.2 Å². The van der Waals surface area contributed by atoms with E-state index in [0.717, 1.165) is 11.1 Å². The van der Waals surface area contributed by atoms with Crippen LogP contribution in [-0.2, 0) is 16.3 Å². The predicted octanol–water partition coefficient (Wildman–Crippen LogP) is 2.07. The van der Waals surface area contributed by atoms with Gasteiger partial charge in [0.1, 0.15) is 0 Å². The molecule has 1 aromatic rings. The van der Waals surface area contributed by atoms with Crippen LogP contribution in [0.25, 0.3) is 0 Å². The SMILES string of the molecule is CC(C)C(C)S(=O)(=O)C1Cc2ccccc2C1N. The average molecular weight is 267 g/mol. The van der Waals surface area contributed by atoms with E-state index in [2.05, 4.69) is 0 Å². The van der Waals surface area contributed by atoms with Gasteiger partial charge in [-0.1, -0.05) is 38.1 Å². The van der Waals surface area contributed by atoms with E-state index in [1.54, 1.807) is 6.92 Å². The standard InChI is InChI=1S/C14H21NO2S/c1-9(2)10(3)18(16,17)13-8-11-6-4-5-7-12(11)14(13)15/h4-7,9-10,13-14H,8,15H2,1-3H3. The minimum atomic E-state index is -3.18. The molecule has 100 valence electrons. The normalized spacial score (nSPS) is 25.2. The van der Waals surface area contributed by atoms with Crippen LogP contribution in [-0.4, -0.2) is 18.9 Å². The minimum absolute atomic E-state index is 0.117. The van der Waals surface area contributed by atoms with Crippen molar-refractivity contribution in [2.45, 2.75) is 43.7 Å². The molecule has 18 heavy (non-hydrogen) atoms. The molecule has 0 heterocycles. The summed E-state index contributed by atoms with van der Waals surface area (Å²) < 4.78 is 25.1. The summed E-state index contributed by atoms with van der Waals surface area (Å²) in [7, 11) is -3.18. The van der Waals surface area contributed by atoms with E-state index in [4.69, 9.17) is 5.73 Å². The number of hydrogen-bond donors (Lipinski definition) is 1. The highest BCUT2D eigenvalue weighted by Gasteiger charge is 2.41. The Balaban J connectivity index is 2.34. The van der Waals surface area contributed by atoms with Gasteiger partial charge in [0.05, 0.1) is 10.5 Å². The van der Waals surface area contributed by atoms with Crippen LogP contribution in [0.4, 0.5) is 0 Å². The van der Waals surface area contributed by atoms with Crippen molar-refractivity contribution in [2.24, 2.45) is 11.7 Å². The second-order valence-electron chi connectivity index (χ2n) is 5.51. The van der Waals surface area contributed by atoms with Crippen LogP contribution in [0.15, 0.2) is 24.3 Å². The first-order valence-electron chi connectivity index (χ1n) is 6.41. The first kappa shape index (κ1) is 13.6. The molecule has 1 aliphatic rings. The second-order valence-corrected chi connectivity index (χ2v) is 8.03. The lowest BCUT2D eigenvalue weighted by molar-refractivity contribution is 0.522. The molecule has 4 heteroatoms. The Morgan fingerprint density at radius 2 is 1.83 bits per heavy atom. The summed E-state index contributed by atoms with van der Waals surface area (Å²) in [5.41, 5.74) is 8.20. The fourth-order valence-corrected chi connectivity index (χ4v) is 4.84. The number of fused-ring (bicyclic) bond motifs is 1. The van der Waals surface area contributed by atoms with E-state index in [0.29, 0.717) is 6.42 Å². The monoisotopic (exact) mass is 267 g/mol. The number of benzene rings is 1. The molecule has 2 N–H and O–H groups in total. The molecule has 1 aliphatic carbocycles. The van der Waals surface area contributed by atoms with Gasteiger partial charge in [-0.25, -0.2) is 8.42 Å². The van der Waals surface area contributed by atoms with E-state index < -0.39 is 15.1 Å². The van der Waals surface area contributed by atoms with Crippen molar-refractivity contribution in [3.05, 3.63) is 35.4 Å². The number of rotatable bonds is 3. The molecule has 0 radical (unpaired) electrons. The van der Waals surface area contributed by atoms with Crippen molar-refractivity contribution in [1.29, 1.82) is 0 Å². The quantitative estimate of drug-likeness (QED) is 0.912. The zero-order chi connectivity index (χ0) is 13.5. The first-order chi connectivity index (χ1) is 8.35. The largest absolute Gasteiger partial charge is 0.323 e. The molecule has 3 atom stereocenters. The molecule has 0 fully saturated rings. The summed E-state index contributed by atoms with van der Waals surface area (Å²) in [4.78, 5) is 0. The Morgan fingerprint density at radius 3 is 2.39 bits per heavy atom. The highest BCUT2D eigenvalue weighted by atomic mass is 32.2. The summed E-state index contributed by atoms with van der Waals surface area (Å²) >= 11 is 0. The van der Waals surface area contributed by atoms with Gasteiger partial charge in [-0.05, 0) is 30.4 Å². The molecule has 0 aliphatic heterocycles. The zero-order valence-corrected chi connectivity index (χ0v) is 11.9. The summed E-state index contributed by atoms with van der Waals surface area (Å²) in [6.45, 7) is 5.67. The molecule has 0 saturated carbocycles. The van der Waals surface area contributed by atoms with Crippen molar-refractivity contribution in [3.63, 3.8) is 0 Å². The summed E-state index contributed by atoms with van der Waals surface area (Å²) in [6.07, 6.45) is 0.552. The Hall–Kier alpha value is -0.870. The third kappa shape index (κ3) is 2.08. The van der Waals surface area contributed by atoms with Gasteiger partial charge in [-0.15, -0.1) is 0 Å². The molecule has 1 aromatic carbocycles. The third-order valence-electron chi connectivity index (χ3n) is 4.11. The lowest BCUT2D eigenvalue weighted by atomic mass is 10.1.